The number of alkyl halides is 3. The maximum Gasteiger partial charge on any atom is 0.573 e. The third-order valence-electron chi connectivity index (χ3n) is 3.03. The smallest absolute Gasteiger partial charge is 0.404 e. The molecule has 1 heterocycles. The zero-order valence-electron chi connectivity index (χ0n) is 11.2. The van der Waals surface area contributed by atoms with E-state index in [0.717, 1.165) is 25.5 Å². The molecule has 1 aromatic rings. The molecule has 3 N–H and O–H groups in total. The fourth-order valence-corrected chi connectivity index (χ4v) is 2.10. The molecule has 116 valence electrons. The minimum absolute atomic E-state index is 0.0355. The Labute approximate surface area is 119 Å². The summed E-state index contributed by atoms with van der Waals surface area (Å²) in [6, 6.07) is 5.03. The molecule has 1 aliphatic rings. The van der Waals surface area contributed by atoms with E-state index in [1.165, 1.54) is 18.2 Å². The summed E-state index contributed by atoms with van der Waals surface area (Å²) in [5.41, 5.74) is -0.0355. The molecule has 5 nitrogen and oxygen atoms in total. The quantitative estimate of drug-likeness (QED) is 0.800. The number of benzene rings is 1. The number of anilines is 1. The Hall–Kier alpha value is -1.96. The largest absolute Gasteiger partial charge is 0.573 e. The predicted molar refractivity (Wildman–Crippen MR) is 71.2 cm³/mol. The van der Waals surface area contributed by atoms with Gasteiger partial charge in [-0.3, -0.25) is 0 Å². The standard InChI is InChI=1S/C13H16F3N3O2/c14-13(15,16)21-11-6-2-1-5-10(11)19-12(20)18-8-9-4-3-7-17-9/h1-2,5-6,9,17H,3-4,7-8H2,(H2,18,19,20)/t9-/m0/s1. The minimum Gasteiger partial charge on any atom is -0.404 e. The molecule has 0 bridgehead atoms. The van der Waals surface area contributed by atoms with Crippen molar-refractivity contribution in [2.24, 2.45) is 0 Å². The molecule has 1 aromatic carbocycles. The van der Waals surface area contributed by atoms with E-state index in [-0.39, 0.29) is 11.7 Å². The van der Waals surface area contributed by atoms with Crippen molar-refractivity contribution in [1.82, 2.24) is 10.6 Å². The summed E-state index contributed by atoms with van der Waals surface area (Å²) in [4.78, 5) is 11.7. The van der Waals surface area contributed by atoms with Gasteiger partial charge >= 0.3 is 12.4 Å². The first-order valence-corrected chi connectivity index (χ1v) is 6.57. The van der Waals surface area contributed by atoms with Crippen molar-refractivity contribution in [3.8, 4) is 5.75 Å². The van der Waals surface area contributed by atoms with Gasteiger partial charge in [0.2, 0.25) is 0 Å². The number of para-hydroxylation sites is 2. The summed E-state index contributed by atoms with van der Waals surface area (Å²) >= 11 is 0. The number of hydrogen-bond acceptors (Lipinski definition) is 3. The van der Waals surface area contributed by atoms with Gasteiger partial charge in [-0.2, -0.15) is 0 Å². The second-order valence-electron chi connectivity index (χ2n) is 4.67. The predicted octanol–water partition coefficient (Wildman–Crippen LogP) is 2.46. The summed E-state index contributed by atoms with van der Waals surface area (Å²) < 4.78 is 40.6. The van der Waals surface area contributed by atoms with E-state index in [2.05, 4.69) is 20.7 Å². The summed E-state index contributed by atoms with van der Waals surface area (Å²) in [6.45, 7) is 1.34. The van der Waals surface area contributed by atoms with E-state index in [1.54, 1.807) is 0 Å². The number of urea groups is 1. The van der Waals surface area contributed by atoms with Gasteiger partial charge in [0, 0.05) is 12.6 Å². The zero-order valence-corrected chi connectivity index (χ0v) is 11.2. The van der Waals surface area contributed by atoms with Gasteiger partial charge < -0.3 is 20.7 Å². The Balaban J connectivity index is 1.90. The van der Waals surface area contributed by atoms with Crippen LogP contribution in [0.4, 0.5) is 23.7 Å². The van der Waals surface area contributed by atoms with Crippen LogP contribution in [0.1, 0.15) is 12.8 Å². The monoisotopic (exact) mass is 303 g/mol. The lowest BCUT2D eigenvalue weighted by Crippen LogP contribution is -2.39. The lowest BCUT2D eigenvalue weighted by atomic mass is 10.2. The highest BCUT2D eigenvalue weighted by Gasteiger charge is 2.32. The van der Waals surface area contributed by atoms with E-state index in [0.29, 0.717) is 6.54 Å². The molecule has 8 heteroatoms. The maximum atomic E-state index is 12.3. The van der Waals surface area contributed by atoms with E-state index < -0.39 is 18.1 Å². The Kier molecular flexibility index (Phi) is 4.89. The number of amides is 2. The third kappa shape index (κ3) is 5.14. The molecule has 0 unspecified atom stereocenters. The number of ether oxygens (including phenoxy) is 1. The van der Waals surface area contributed by atoms with Crippen molar-refractivity contribution < 1.29 is 22.7 Å². The molecule has 0 aliphatic carbocycles. The van der Waals surface area contributed by atoms with Crippen molar-refractivity contribution in [1.29, 1.82) is 0 Å². The molecule has 1 atom stereocenters. The van der Waals surface area contributed by atoms with Crippen LogP contribution in [0.5, 0.6) is 5.75 Å². The Bertz CT molecular complexity index is 488. The van der Waals surface area contributed by atoms with Crippen molar-refractivity contribution in [3.63, 3.8) is 0 Å². The van der Waals surface area contributed by atoms with Crippen LogP contribution < -0.4 is 20.7 Å². The molecule has 0 saturated carbocycles. The summed E-state index contributed by atoms with van der Waals surface area (Å²) in [5, 5.41) is 8.17. The number of halogens is 3. The van der Waals surface area contributed by atoms with E-state index >= 15 is 0 Å². The molecule has 0 aromatic heterocycles. The fraction of sp³-hybridized carbons (Fsp3) is 0.462. The molecule has 1 saturated heterocycles. The summed E-state index contributed by atoms with van der Waals surface area (Å²) in [5.74, 6) is -0.445. The highest BCUT2D eigenvalue weighted by Crippen LogP contribution is 2.29. The van der Waals surface area contributed by atoms with Crippen LogP contribution in [0.3, 0.4) is 0 Å². The lowest BCUT2D eigenvalue weighted by molar-refractivity contribution is -0.274. The van der Waals surface area contributed by atoms with Crippen LogP contribution in [0.25, 0.3) is 0 Å². The molecule has 0 radical (unpaired) electrons. The van der Waals surface area contributed by atoms with Gasteiger partial charge in [-0.25, -0.2) is 4.79 Å². The van der Waals surface area contributed by atoms with Crippen LogP contribution in [0, 0.1) is 0 Å². The molecular formula is C13H16F3N3O2. The molecular weight excluding hydrogens is 287 g/mol. The number of hydrogen-bond donors (Lipinski definition) is 3. The van der Waals surface area contributed by atoms with Crippen molar-refractivity contribution in [2.75, 3.05) is 18.4 Å². The highest BCUT2D eigenvalue weighted by atomic mass is 19.4. The fourth-order valence-electron chi connectivity index (χ4n) is 2.10. The van der Waals surface area contributed by atoms with Gasteiger partial charge in [0.05, 0.1) is 5.69 Å². The Morgan fingerprint density at radius 1 is 1.38 bits per heavy atom. The molecule has 2 amide bonds. The van der Waals surface area contributed by atoms with Gasteiger partial charge in [-0.15, -0.1) is 13.2 Å². The highest BCUT2D eigenvalue weighted by molar-refractivity contribution is 5.90. The third-order valence-corrected chi connectivity index (χ3v) is 3.03. The zero-order chi connectivity index (χ0) is 15.3. The van der Waals surface area contributed by atoms with Crippen LogP contribution in [0.15, 0.2) is 24.3 Å². The van der Waals surface area contributed by atoms with Gasteiger partial charge in [-0.05, 0) is 31.5 Å². The van der Waals surface area contributed by atoms with Gasteiger partial charge in [0.15, 0.2) is 5.75 Å². The second-order valence-corrected chi connectivity index (χ2v) is 4.67. The second kappa shape index (κ2) is 6.66. The van der Waals surface area contributed by atoms with Crippen molar-refractivity contribution in [3.05, 3.63) is 24.3 Å². The molecule has 21 heavy (non-hydrogen) atoms. The molecule has 0 spiro atoms. The normalized spacial score (nSPS) is 18.3. The number of carbonyl (C=O) groups excluding carboxylic acids is 1. The molecule has 2 rings (SSSR count). The first-order chi connectivity index (χ1) is 9.94. The van der Waals surface area contributed by atoms with Gasteiger partial charge in [-0.1, -0.05) is 12.1 Å². The van der Waals surface area contributed by atoms with Crippen molar-refractivity contribution in [2.45, 2.75) is 25.2 Å². The van der Waals surface area contributed by atoms with Gasteiger partial charge in [0.1, 0.15) is 0 Å². The molecule has 1 aliphatic heterocycles. The van der Waals surface area contributed by atoms with E-state index in [1.807, 2.05) is 0 Å². The maximum absolute atomic E-state index is 12.3. The number of nitrogens with one attached hydrogen (secondary N) is 3. The number of carbonyl (C=O) groups is 1. The van der Waals surface area contributed by atoms with E-state index in [4.69, 9.17) is 0 Å². The Morgan fingerprint density at radius 3 is 2.81 bits per heavy atom. The van der Waals surface area contributed by atoms with Crippen LogP contribution in [0.2, 0.25) is 0 Å². The van der Waals surface area contributed by atoms with Crippen LogP contribution in [-0.2, 0) is 0 Å². The number of rotatable bonds is 4. The van der Waals surface area contributed by atoms with E-state index in [9.17, 15) is 18.0 Å². The lowest BCUT2D eigenvalue weighted by Gasteiger charge is -2.15. The minimum atomic E-state index is -4.80. The van der Waals surface area contributed by atoms with Crippen LogP contribution >= 0.6 is 0 Å². The first-order valence-electron chi connectivity index (χ1n) is 6.57. The van der Waals surface area contributed by atoms with Crippen LogP contribution in [-0.4, -0.2) is 31.5 Å². The molecule has 1 fully saturated rings. The SMILES string of the molecule is O=C(NC[C@@H]1CCCN1)Nc1ccccc1OC(F)(F)F. The van der Waals surface area contributed by atoms with Crippen molar-refractivity contribution >= 4 is 11.7 Å². The Morgan fingerprint density at radius 2 is 2.14 bits per heavy atom. The average Bonchev–Trinajstić information content (AvgIpc) is 2.90. The first kappa shape index (κ1) is 15.4. The topological polar surface area (TPSA) is 62.4 Å². The summed E-state index contributed by atoms with van der Waals surface area (Å²) in [6.07, 6.45) is -2.79. The average molecular weight is 303 g/mol. The van der Waals surface area contributed by atoms with Gasteiger partial charge in [0.25, 0.3) is 0 Å². The summed E-state index contributed by atoms with van der Waals surface area (Å²) in [7, 11) is 0.